The van der Waals surface area contributed by atoms with E-state index >= 15 is 0 Å². The van der Waals surface area contributed by atoms with Gasteiger partial charge in [-0.3, -0.25) is 10.4 Å². The Kier molecular flexibility index (Phi) is 5.94. The van der Waals surface area contributed by atoms with Crippen LogP contribution in [0.25, 0.3) is 0 Å². The summed E-state index contributed by atoms with van der Waals surface area (Å²) >= 11 is 0. The standard InChI is InChI=1S/C26H25N3O2/c27-18-23-22(25(30)31)16-17-28-24(23)29-26(19-10-4-1-5-11-19,20-12-6-2-7-13-20)21-14-8-3-9-15-21/h1-8,10-14,18,27H,9,15-17H2,(H,28,29)(H,30,31)/p+1. The molecule has 2 aliphatic rings. The molecule has 0 aromatic heterocycles. The first kappa shape index (κ1) is 20.5. The van der Waals surface area contributed by atoms with Crippen LogP contribution >= 0.6 is 0 Å². The number of carbonyl (C=O) groups is 1. The molecule has 0 spiro atoms. The number of dihydropyridines is 1. The molecular weight excluding hydrogens is 386 g/mol. The maximum absolute atomic E-state index is 11.8. The van der Waals surface area contributed by atoms with Crippen molar-refractivity contribution in [3.63, 3.8) is 0 Å². The zero-order chi connectivity index (χ0) is 21.7. The van der Waals surface area contributed by atoms with Gasteiger partial charge in [0.1, 0.15) is 11.4 Å². The number of carboxylic acid groups (broad SMARTS) is 1. The molecule has 0 atom stereocenters. The number of allylic oxidation sites excluding steroid dienone is 3. The molecule has 1 aliphatic carbocycles. The third kappa shape index (κ3) is 3.87. The molecule has 0 fully saturated rings. The van der Waals surface area contributed by atoms with Gasteiger partial charge in [0.2, 0.25) is 0 Å². The molecule has 4 N–H and O–H groups in total. The van der Waals surface area contributed by atoms with Gasteiger partial charge >= 0.3 is 5.97 Å². The van der Waals surface area contributed by atoms with Crippen LogP contribution in [0.1, 0.15) is 30.4 Å². The van der Waals surface area contributed by atoms with Crippen LogP contribution in [0.5, 0.6) is 0 Å². The summed E-state index contributed by atoms with van der Waals surface area (Å²) in [5.41, 5.74) is 3.33. The summed E-state index contributed by atoms with van der Waals surface area (Å²) in [5.74, 6) is -0.454. The Morgan fingerprint density at radius 1 is 1.03 bits per heavy atom. The largest absolute Gasteiger partial charge is 0.478 e. The molecule has 2 aromatic rings. The number of aliphatic carboxylic acids is 1. The minimum Gasteiger partial charge on any atom is -0.478 e. The van der Waals surface area contributed by atoms with E-state index in [1.54, 1.807) is 0 Å². The normalized spacial score (nSPS) is 16.4. The number of hydrogen-bond acceptors (Lipinski definition) is 3. The van der Waals surface area contributed by atoms with Gasteiger partial charge in [-0.1, -0.05) is 78.9 Å². The van der Waals surface area contributed by atoms with Gasteiger partial charge in [-0.15, -0.1) is 0 Å². The first-order valence-electron chi connectivity index (χ1n) is 10.5. The number of hydrogen-bond donors (Lipinski definition) is 3. The third-order valence-electron chi connectivity index (χ3n) is 5.85. The second-order valence-electron chi connectivity index (χ2n) is 7.61. The summed E-state index contributed by atoms with van der Waals surface area (Å²) in [4.78, 5) is 16.5. The van der Waals surface area contributed by atoms with Crippen molar-refractivity contribution in [2.24, 2.45) is 4.99 Å². The van der Waals surface area contributed by atoms with Crippen LogP contribution in [0, 0.1) is 0 Å². The van der Waals surface area contributed by atoms with Crippen molar-refractivity contribution in [1.29, 1.82) is 0 Å². The number of rotatable bonds is 6. The van der Waals surface area contributed by atoms with Crippen molar-refractivity contribution in [3.05, 3.63) is 107 Å². The Bertz CT molecular complexity index is 1060. The first-order valence-corrected chi connectivity index (χ1v) is 10.5. The molecule has 1 heterocycles. The highest BCUT2D eigenvalue weighted by atomic mass is 16.4. The third-order valence-corrected chi connectivity index (χ3v) is 5.85. The molecule has 0 saturated heterocycles. The van der Waals surface area contributed by atoms with E-state index < -0.39 is 11.5 Å². The van der Waals surface area contributed by atoms with E-state index in [9.17, 15) is 9.90 Å². The van der Waals surface area contributed by atoms with Crippen LogP contribution < -0.4 is 10.7 Å². The molecular formula is C26H26N3O2+. The van der Waals surface area contributed by atoms with Crippen LogP contribution in [0.3, 0.4) is 0 Å². The first-order chi connectivity index (χ1) is 15.2. The fourth-order valence-electron chi connectivity index (χ4n) is 4.38. The van der Waals surface area contributed by atoms with E-state index in [2.05, 4.69) is 52.8 Å². The topological polar surface area (TPSA) is 87.3 Å². The number of nitrogens with zero attached hydrogens (tertiary/aromatic N) is 1. The Balaban J connectivity index is 1.96. The molecule has 5 nitrogen and oxygen atoms in total. The highest BCUT2D eigenvalue weighted by molar-refractivity contribution is 6.19. The molecule has 1 aliphatic heterocycles. The second kappa shape index (κ2) is 8.96. The summed E-state index contributed by atoms with van der Waals surface area (Å²) in [6, 6.07) is 20.4. The van der Waals surface area contributed by atoms with Crippen molar-refractivity contribution < 1.29 is 15.3 Å². The summed E-state index contributed by atoms with van der Waals surface area (Å²) in [6.45, 7) is 0.403. The number of amidine groups is 1. The minimum absolute atomic E-state index is 0.285. The van der Waals surface area contributed by atoms with Gasteiger partial charge in [-0.05, 0) is 29.5 Å². The van der Waals surface area contributed by atoms with Gasteiger partial charge in [-0.25, -0.2) is 4.79 Å². The van der Waals surface area contributed by atoms with Gasteiger partial charge < -0.3 is 10.4 Å². The predicted octanol–water partition coefficient (Wildman–Crippen LogP) is 2.81. The van der Waals surface area contributed by atoms with E-state index in [1.165, 1.54) is 11.8 Å². The lowest BCUT2D eigenvalue weighted by Gasteiger charge is -2.40. The van der Waals surface area contributed by atoms with Crippen molar-refractivity contribution in [3.8, 4) is 0 Å². The highest BCUT2D eigenvalue weighted by Crippen LogP contribution is 2.40. The van der Waals surface area contributed by atoms with Crippen molar-refractivity contribution in [2.45, 2.75) is 24.8 Å². The SMILES string of the molecule is [NH2+]=CC1=C(C(=O)O)CCN=C1NC(C1=CC=CCC1)(c1ccccc1)c1ccccc1. The Morgan fingerprint density at radius 2 is 1.68 bits per heavy atom. The molecule has 0 amide bonds. The molecule has 0 saturated carbocycles. The summed E-state index contributed by atoms with van der Waals surface area (Å²) in [7, 11) is 0. The van der Waals surface area contributed by atoms with Crippen LogP contribution in [0.4, 0.5) is 0 Å². The van der Waals surface area contributed by atoms with Crippen LogP contribution in [-0.4, -0.2) is 29.7 Å². The lowest BCUT2D eigenvalue weighted by Crippen LogP contribution is -2.51. The quantitative estimate of drug-likeness (QED) is 0.638. The molecule has 4 rings (SSSR count). The van der Waals surface area contributed by atoms with Crippen molar-refractivity contribution in [1.82, 2.24) is 5.32 Å². The van der Waals surface area contributed by atoms with Gasteiger partial charge in [0, 0.05) is 13.0 Å². The molecule has 0 radical (unpaired) electrons. The fraction of sp³-hybridized carbons (Fsp3) is 0.192. The number of carboxylic acids is 1. The molecule has 2 aromatic carbocycles. The van der Waals surface area contributed by atoms with Crippen LogP contribution in [0.15, 0.2) is 101 Å². The monoisotopic (exact) mass is 412 g/mol. The zero-order valence-corrected chi connectivity index (χ0v) is 17.3. The van der Waals surface area contributed by atoms with E-state index in [1.807, 2.05) is 36.4 Å². The fourth-order valence-corrected chi connectivity index (χ4v) is 4.38. The minimum atomic E-state index is -0.962. The van der Waals surface area contributed by atoms with Gasteiger partial charge in [-0.2, -0.15) is 0 Å². The lowest BCUT2D eigenvalue weighted by molar-refractivity contribution is -0.133. The molecule has 0 unspecified atom stereocenters. The Hall–Kier alpha value is -3.73. The summed E-state index contributed by atoms with van der Waals surface area (Å²) in [6.07, 6.45) is 9.91. The highest BCUT2D eigenvalue weighted by Gasteiger charge is 2.40. The van der Waals surface area contributed by atoms with Gasteiger partial charge in [0.05, 0.1) is 11.1 Å². The van der Waals surface area contributed by atoms with E-state index in [4.69, 9.17) is 5.41 Å². The Morgan fingerprint density at radius 3 is 2.19 bits per heavy atom. The summed E-state index contributed by atoms with van der Waals surface area (Å²) < 4.78 is 0. The predicted molar refractivity (Wildman–Crippen MR) is 123 cm³/mol. The van der Waals surface area contributed by atoms with Crippen molar-refractivity contribution >= 4 is 18.0 Å². The van der Waals surface area contributed by atoms with Crippen LogP contribution in [0.2, 0.25) is 0 Å². The zero-order valence-electron chi connectivity index (χ0n) is 17.3. The number of nitrogens with one attached hydrogen (secondary N) is 1. The van der Waals surface area contributed by atoms with E-state index in [0.29, 0.717) is 24.4 Å². The number of benzene rings is 2. The van der Waals surface area contributed by atoms with Gasteiger partial charge in [0.15, 0.2) is 6.21 Å². The molecule has 31 heavy (non-hydrogen) atoms. The average Bonchev–Trinajstić information content (AvgIpc) is 2.84. The molecule has 0 bridgehead atoms. The maximum atomic E-state index is 11.8. The average molecular weight is 413 g/mol. The second-order valence-corrected chi connectivity index (χ2v) is 7.61. The summed E-state index contributed by atoms with van der Waals surface area (Å²) in [5, 5.41) is 19.3. The maximum Gasteiger partial charge on any atom is 0.332 e. The van der Waals surface area contributed by atoms with Crippen molar-refractivity contribution in [2.75, 3.05) is 6.54 Å². The van der Waals surface area contributed by atoms with Gasteiger partial charge in [0.25, 0.3) is 0 Å². The lowest BCUT2D eigenvalue weighted by atomic mass is 9.73. The molecule has 5 heteroatoms. The van der Waals surface area contributed by atoms with E-state index in [-0.39, 0.29) is 5.57 Å². The van der Waals surface area contributed by atoms with E-state index in [0.717, 1.165) is 24.0 Å². The Labute approximate surface area is 182 Å². The number of aliphatic imine (C=N–C) groups is 1. The smallest absolute Gasteiger partial charge is 0.332 e. The van der Waals surface area contributed by atoms with Crippen LogP contribution in [-0.2, 0) is 10.3 Å². The molecule has 156 valence electrons. The number of nitrogens with two attached hydrogens (primary N) is 1.